The maximum absolute atomic E-state index is 11.5. The largest absolute Gasteiger partial charge is 0.444 e. The smallest absolute Gasteiger partial charge is 0.411 e. The first-order valence-electron chi connectivity index (χ1n) is 4.65. The Balaban J connectivity index is 2.61. The van der Waals surface area contributed by atoms with E-state index in [1.165, 1.54) is 4.90 Å². The Morgan fingerprint density at radius 3 is 2.47 bits per heavy atom. The molecule has 6 nitrogen and oxygen atoms in total. The van der Waals surface area contributed by atoms with Crippen molar-refractivity contribution in [3.8, 4) is 0 Å². The monoisotopic (exact) mass is 236 g/mol. The van der Waals surface area contributed by atoms with Crippen LogP contribution in [-0.4, -0.2) is 44.0 Å². The van der Waals surface area contributed by atoms with Gasteiger partial charge in [-0.25, -0.2) is 17.9 Å². The summed E-state index contributed by atoms with van der Waals surface area (Å²) in [5, 5.41) is 0. The minimum Gasteiger partial charge on any atom is -0.444 e. The number of nitrogens with zero attached hydrogens (tertiary/aromatic N) is 1. The Kier molecular flexibility index (Phi) is 3.25. The SMILES string of the molecule is CC(C)(C)OC(=O)N1CCNS(=O)(=O)C1. The molecule has 0 aliphatic carbocycles. The van der Waals surface area contributed by atoms with Gasteiger partial charge < -0.3 is 4.74 Å². The van der Waals surface area contributed by atoms with Gasteiger partial charge in [-0.2, -0.15) is 0 Å². The van der Waals surface area contributed by atoms with Gasteiger partial charge in [0.2, 0.25) is 10.0 Å². The topological polar surface area (TPSA) is 75.7 Å². The Bertz CT molecular complexity index is 344. The number of rotatable bonds is 0. The van der Waals surface area contributed by atoms with Crippen LogP contribution in [0.1, 0.15) is 20.8 Å². The van der Waals surface area contributed by atoms with E-state index < -0.39 is 21.7 Å². The number of carbonyl (C=O) groups excluding carboxylic acids is 1. The van der Waals surface area contributed by atoms with Crippen LogP contribution in [0.3, 0.4) is 0 Å². The van der Waals surface area contributed by atoms with E-state index in [4.69, 9.17) is 4.74 Å². The molecule has 1 amide bonds. The summed E-state index contributed by atoms with van der Waals surface area (Å²) in [6, 6.07) is 0. The van der Waals surface area contributed by atoms with Crippen LogP contribution in [0.2, 0.25) is 0 Å². The van der Waals surface area contributed by atoms with Crippen LogP contribution in [0.5, 0.6) is 0 Å². The van der Waals surface area contributed by atoms with Gasteiger partial charge in [-0.1, -0.05) is 0 Å². The molecular formula is C8H16N2O4S. The molecule has 7 heteroatoms. The first kappa shape index (κ1) is 12.3. The number of carbonyl (C=O) groups is 1. The van der Waals surface area contributed by atoms with E-state index in [9.17, 15) is 13.2 Å². The van der Waals surface area contributed by atoms with Gasteiger partial charge in [0.25, 0.3) is 0 Å². The molecule has 1 aliphatic heterocycles. The zero-order valence-corrected chi connectivity index (χ0v) is 9.93. The lowest BCUT2D eigenvalue weighted by molar-refractivity contribution is 0.0278. The summed E-state index contributed by atoms with van der Waals surface area (Å²) in [5.74, 6) is -0.331. The molecule has 1 heterocycles. The van der Waals surface area contributed by atoms with Crippen LogP contribution in [0.15, 0.2) is 0 Å². The Morgan fingerprint density at radius 2 is 2.00 bits per heavy atom. The summed E-state index contributed by atoms with van der Waals surface area (Å²) in [4.78, 5) is 12.7. The quantitative estimate of drug-likeness (QED) is 0.648. The first-order chi connectivity index (χ1) is 6.70. The van der Waals surface area contributed by atoms with Crippen LogP contribution in [0.25, 0.3) is 0 Å². The number of sulfonamides is 1. The van der Waals surface area contributed by atoms with Gasteiger partial charge in [0.15, 0.2) is 0 Å². The second-order valence-electron chi connectivity index (χ2n) is 4.38. The Labute approximate surface area is 89.6 Å². The average molecular weight is 236 g/mol. The average Bonchev–Trinajstić information content (AvgIpc) is 1.99. The molecule has 0 bridgehead atoms. The molecule has 0 spiro atoms. The van der Waals surface area contributed by atoms with Crippen LogP contribution < -0.4 is 4.72 Å². The molecule has 0 unspecified atom stereocenters. The standard InChI is InChI=1S/C8H16N2O4S/c1-8(2,3)14-7(11)10-5-4-9-15(12,13)6-10/h9H,4-6H2,1-3H3. The third-order valence-electron chi connectivity index (χ3n) is 1.68. The summed E-state index contributed by atoms with van der Waals surface area (Å²) in [5.41, 5.74) is -0.605. The highest BCUT2D eigenvalue weighted by molar-refractivity contribution is 7.89. The van der Waals surface area contributed by atoms with Crippen molar-refractivity contribution in [3.05, 3.63) is 0 Å². The number of hydrogen-bond donors (Lipinski definition) is 1. The van der Waals surface area contributed by atoms with Gasteiger partial charge in [-0.15, -0.1) is 0 Å². The molecule has 88 valence electrons. The lowest BCUT2D eigenvalue weighted by Gasteiger charge is -2.29. The first-order valence-corrected chi connectivity index (χ1v) is 6.30. The van der Waals surface area contributed by atoms with Gasteiger partial charge in [0, 0.05) is 13.1 Å². The Hall–Kier alpha value is -0.820. The molecule has 1 aliphatic rings. The van der Waals surface area contributed by atoms with Crippen LogP contribution in [0.4, 0.5) is 4.79 Å². The zero-order chi connectivity index (χ0) is 11.7. The van der Waals surface area contributed by atoms with E-state index in [-0.39, 0.29) is 12.4 Å². The van der Waals surface area contributed by atoms with Crippen molar-refractivity contribution < 1.29 is 17.9 Å². The van der Waals surface area contributed by atoms with Crippen molar-refractivity contribution in [3.63, 3.8) is 0 Å². The fourth-order valence-corrected chi connectivity index (χ4v) is 2.26. The third kappa shape index (κ3) is 4.05. The maximum Gasteiger partial charge on any atom is 0.411 e. The van der Waals surface area contributed by atoms with Crippen molar-refractivity contribution in [1.82, 2.24) is 9.62 Å². The van der Waals surface area contributed by atoms with Crippen molar-refractivity contribution in [2.24, 2.45) is 0 Å². The summed E-state index contributed by atoms with van der Waals surface area (Å²) in [6.45, 7) is 5.79. The van der Waals surface area contributed by atoms with E-state index in [0.717, 1.165) is 0 Å². The summed E-state index contributed by atoms with van der Waals surface area (Å²) in [7, 11) is -3.36. The fraction of sp³-hybridized carbons (Fsp3) is 0.875. The molecular weight excluding hydrogens is 220 g/mol. The van der Waals surface area contributed by atoms with Crippen LogP contribution in [-0.2, 0) is 14.8 Å². The molecule has 1 saturated heterocycles. The van der Waals surface area contributed by atoms with Gasteiger partial charge in [-0.05, 0) is 20.8 Å². The number of amides is 1. The van der Waals surface area contributed by atoms with Crippen LogP contribution >= 0.6 is 0 Å². The van der Waals surface area contributed by atoms with Gasteiger partial charge in [0.05, 0.1) is 0 Å². The maximum atomic E-state index is 11.5. The number of nitrogens with one attached hydrogen (secondary N) is 1. The van der Waals surface area contributed by atoms with Gasteiger partial charge in [0.1, 0.15) is 11.5 Å². The molecule has 0 radical (unpaired) electrons. The van der Waals surface area contributed by atoms with Gasteiger partial charge in [-0.3, -0.25) is 4.90 Å². The molecule has 0 aromatic carbocycles. The fourth-order valence-electron chi connectivity index (χ4n) is 1.12. The minimum atomic E-state index is -3.36. The van der Waals surface area contributed by atoms with E-state index in [0.29, 0.717) is 6.54 Å². The highest BCUT2D eigenvalue weighted by atomic mass is 32.2. The van der Waals surface area contributed by atoms with E-state index in [2.05, 4.69) is 4.72 Å². The van der Waals surface area contributed by atoms with Crippen molar-refractivity contribution in [1.29, 1.82) is 0 Å². The molecule has 1 rings (SSSR count). The molecule has 15 heavy (non-hydrogen) atoms. The van der Waals surface area contributed by atoms with Crippen molar-refractivity contribution >= 4 is 16.1 Å². The molecule has 1 fully saturated rings. The zero-order valence-electron chi connectivity index (χ0n) is 9.11. The lowest BCUT2D eigenvalue weighted by Crippen LogP contribution is -2.50. The Morgan fingerprint density at radius 1 is 1.40 bits per heavy atom. The molecule has 1 N–H and O–H groups in total. The summed E-state index contributed by atoms with van der Waals surface area (Å²) in [6.07, 6.45) is -0.590. The van der Waals surface area contributed by atoms with Crippen molar-refractivity contribution in [2.45, 2.75) is 26.4 Å². The predicted octanol–water partition coefficient (Wildman–Crippen LogP) is 0.114. The molecule has 0 aromatic rings. The van der Waals surface area contributed by atoms with E-state index in [1.807, 2.05) is 0 Å². The molecule has 0 saturated carbocycles. The second-order valence-corrected chi connectivity index (χ2v) is 6.16. The highest BCUT2D eigenvalue weighted by Crippen LogP contribution is 2.11. The third-order valence-corrected chi connectivity index (χ3v) is 2.98. The number of ether oxygens (including phenoxy) is 1. The van der Waals surface area contributed by atoms with Gasteiger partial charge >= 0.3 is 6.09 Å². The molecule has 0 aromatic heterocycles. The summed E-state index contributed by atoms with van der Waals surface area (Å²) >= 11 is 0. The van der Waals surface area contributed by atoms with E-state index in [1.54, 1.807) is 20.8 Å². The number of hydrogen-bond acceptors (Lipinski definition) is 4. The highest BCUT2D eigenvalue weighted by Gasteiger charge is 2.29. The second kappa shape index (κ2) is 3.97. The normalized spacial score (nSPS) is 21.1. The molecule has 0 atom stereocenters. The predicted molar refractivity (Wildman–Crippen MR) is 54.7 cm³/mol. The van der Waals surface area contributed by atoms with Crippen molar-refractivity contribution in [2.75, 3.05) is 19.0 Å². The van der Waals surface area contributed by atoms with Crippen LogP contribution in [0, 0.1) is 0 Å². The summed E-state index contributed by atoms with van der Waals surface area (Å²) < 4.78 is 29.7. The van der Waals surface area contributed by atoms with E-state index >= 15 is 0 Å². The minimum absolute atomic E-state index is 0.238. The lowest BCUT2D eigenvalue weighted by atomic mass is 10.2.